The van der Waals surface area contributed by atoms with Crippen LogP contribution in [0.4, 0.5) is 0 Å². The molecule has 1 amide bonds. The van der Waals surface area contributed by atoms with Crippen LogP contribution in [-0.4, -0.2) is 48.4 Å². The summed E-state index contributed by atoms with van der Waals surface area (Å²) in [4.78, 5) is 23.6. The third-order valence-electron chi connectivity index (χ3n) is 4.72. The molecule has 126 valence electrons. The zero-order valence-electron chi connectivity index (χ0n) is 13.3. The van der Waals surface area contributed by atoms with Gasteiger partial charge in [-0.2, -0.15) is 0 Å². The molecule has 1 saturated heterocycles. The highest BCUT2D eigenvalue weighted by atomic mass is 16.5. The van der Waals surface area contributed by atoms with E-state index in [-0.39, 0.29) is 18.4 Å². The molecule has 0 aromatic heterocycles. The van der Waals surface area contributed by atoms with Gasteiger partial charge in [0.05, 0.1) is 19.3 Å². The fourth-order valence-corrected chi connectivity index (χ4v) is 3.13. The van der Waals surface area contributed by atoms with Crippen LogP contribution in [0.3, 0.4) is 0 Å². The van der Waals surface area contributed by atoms with Crippen molar-refractivity contribution in [3.63, 3.8) is 0 Å². The van der Waals surface area contributed by atoms with Crippen molar-refractivity contribution in [3.05, 3.63) is 0 Å². The Bertz CT molecular complexity index is 384. The van der Waals surface area contributed by atoms with Crippen molar-refractivity contribution in [2.45, 2.75) is 63.5 Å². The molecule has 0 radical (unpaired) electrons. The number of nitrogens with one attached hydrogen (secondary N) is 1. The van der Waals surface area contributed by atoms with Crippen LogP contribution >= 0.6 is 0 Å². The third kappa shape index (κ3) is 4.68. The predicted octanol–water partition coefficient (Wildman–Crippen LogP) is 1.72. The summed E-state index contributed by atoms with van der Waals surface area (Å²) < 4.78 is 10.9. The fourth-order valence-electron chi connectivity index (χ4n) is 3.13. The first-order valence-corrected chi connectivity index (χ1v) is 8.25. The number of carbonyl (C=O) groups excluding carboxylic acids is 1. The van der Waals surface area contributed by atoms with Crippen LogP contribution in [0.2, 0.25) is 0 Å². The zero-order valence-corrected chi connectivity index (χ0v) is 13.3. The molecular formula is C16H27NO5. The van der Waals surface area contributed by atoms with Gasteiger partial charge in [0.2, 0.25) is 5.91 Å². The Kier molecular flexibility index (Phi) is 6.20. The van der Waals surface area contributed by atoms with Gasteiger partial charge in [-0.1, -0.05) is 6.92 Å². The largest absolute Gasteiger partial charge is 0.480 e. The van der Waals surface area contributed by atoms with Crippen molar-refractivity contribution in [2.75, 3.05) is 19.8 Å². The second-order valence-electron chi connectivity index (χ2n) is 6.58. The monoisotopic (exact) mass is 313 g/mol. The van der Waals surface area contributed by atoms with Crippen molar-refractivity contribution in [2.24, 2.45) is 5.92 Å². The van der Waals surface area contributed by atoms with Gasteiger partial charge in [0.1, 0.15) is 5.54 Å². The summed E-state index contributed by atoms with van der Waals surface area (Å²) in [6, 6.07) is 0. The number of ether oxygens (including phenoxy) is 2. The van der Waals surface area contributed by atoms with Gasteiger partial charge in [-0.3, -0.25) is 4.79 Å². The highest BCUT2D eigenvalue weighted by Gasteiger charge is 2.42. The van der Waals surface area contributed by atoms with Crippen molar-refractivity contribution >= 4 is 11.9 Å². The van der Waals surface area contributed by atoms with Crippen LogP contribution in [0.5, 0.6) is 0 Å². The minimum absolute atomic E-state index is 0.147. The van der Waals surface area contributed by atoms with Crippen molar-refractivity contribution in [1.82, 2.24) is 5.32 Å². The molecule has 1 unspecified atom stereocenters. The van der Waals surface area contributed by atoms with E-state index >= 15 is 0 Å². The standard InChI is InChI=1S/C16H27NO5/c1-12-4-7-16(8-5-12,15(19)20)17-14(18)6-10-21-11-13-3-2-9-22-13/h12-13H,2-11H2,1H3,(H,17,18)(H,19,20). The van der Waals surface area contributed by atoms with E-state index in [9.17, 15) is 14.7 Å². The van der Waals surface area contributed by atoms with Crippen molar-refractivity contribution in [3.8, 4) is 0 Å². The van der Waals surface area contributed by atoms with Gasteiger partial charge in [0, 0.05) is 13.0 Å². The number of hydrogen-bond acceptors (Lipinski definition) is 4. The molecule has 0 spiro atoms. The summed E-state index contributed by atoms with van der Waals surface area (Å²) in [6.07, 6.45) is 5.09. The Balaban J connectivity index is 1.70. The third-order valence-corrected chi connectivity index (χ3v) is 4.72. The zero-order chi connectivity index (χ0) is 16.0. The lowest BCUT2D eigenvalue weighted by atomic mass is 9.77. The SMILES string of the molecule is CC1CCC(NC(=O)CCOCC2CCCO2)(C(=O)O)CC1. The molecule has 0 aromatic carbocycles. The first kappa shape index (κ1) is 17.2. The Labute approximate surface area is 131 Å². The quantitative estimate of drug-likeness (QED) is 0.699. The van der Waals surface area contributed by atoms with E-state index in [2.05, 4.69) is 12.2 Å². The van der Waals surface area contributed by atoms with Crippen LogP contribution in [0.15, 0.2) is 0 Å². The maximum atomic E-state index is 12.0. The molecule has 1 heterocycles. The highest BCUT2D eigenvalue weighted by Crippen LogP contribution is 2.32. The number of rotatable bonds is 7. The lowest BCUT2D eigenvalue weighted by Gasteiger charge is -2.36. The average molecular weight is 313 g/mol. The molecule has 0 aromatic rings. The molecule has 6 heteroatoms. The van der Waals surface area contributed by atoms with Gasteiger partial charge in [0.25, 0.3) is 0 Å². The molecule has 2 fully saturated rings. The maximum absolute atomic E-state index is 12.0. The van der Waals surface area contributed by atoms with Crippen molar-refractivity contribution in [1.29, 1.82) is 0 Å². The van der Waals surface area contributed by atoms with E-state index in [1.165, 1.54) is 0 Å². The average Bonchev–Trinajstić information content (AvgIpc) is 2.99. The summed E-state index contributed by atoms with van der Waals surface area (Å²) in [7, 11) is 0. The molecule has 2 N–H and O–H groups in total. The Morgan fingerprint density at radius 2 is 2.05 bits per heavy atom. The molecular weight excluding hydrogens is 286 g/mol. The second kappa shape index (κ2) is 7.92. The number of carboxylic acid groups (broad SMARTS) is 1. The van der Waals surface area contributed by atoms with E-state index in [0.717, 1.165) is 32.3 Å². The van der Waals surface area contributed by atoms with Crippen LogP contribution in [0.25, 0.3) is 0 Å². The van der Waals surface area contributed by atoms with E-state index in [1.54, 1.807) is 0 Å². The summed E-state index contributed by atoms with van der Waals surface area (Å²) >= 11 is 0. The molecule has 1 saturated carbocycles. The van der Waals surface area contributed by atoms with Gasteiger partial charge >= 0.3 is 5.97 Å². The van der Waals surface area contributed by atoms with E-state index in [4.69, 9.17) is 9.47 Å². The molecule has 22 heavy (non-hydrogen) atoms. The molecule has 1 atom stereocenters. The van der Waals surface area contributed by atoms with E-state index in [0.29, 0.717) is 32.0 Å². The van der Waals surface area contributed by atoms with Gasteiger partial charge in [0.15, 0.2) is 0 Å². The summed E-state index contributed by atoms with van der Waals surface area (Å²) in [5, 5.41) is 12.2. The summed E-state index contributed by atoms with van der Waals surface area (Å²) in [5.41, 5.74) is -1.09. The summed E-state index contributed by atoms with van der Waals surface area (Å²) in [6.45, 7) is 3.72. The number of hydrogen-bond donors (Lipinski definition) is 2. The lowest BCUT2D eigenvalue weighted by molar-refractivity contribution is -0.149. The van der Waals surface area contributed by atoms with E-state index in [1.807, 2.05) is 0 Å². The fraction of sp³-hybridized carbons (Fsp3) is 0.875. The second-order valence-corrected chi connectivity index (χ2v) is 6.58. The molecule has 1 aliphatic heterocycles. The first-order chi connectivity index (χ1) is 10.5. The smallest absolute Gasteiger partial charge is 0.329 e. The number of amides is 1. The number of carboxylic acids is 1. The Hall–Kier alpha value is -1.14. The molecule has 2 aliphatic rings. The Morgan fingerprint density at radius 1 is 1.32 bits per heavy atom. The van der Waals surface area contributed by atoms with Crippen LogP contribution < -0.4 is 5.32 Å². The summed E-state index contributed by atoms with van der Waals surface area (Å²) in [5.74, 6) is -0.642. The predicted molar refractivity (Wildman–Crippen MR) is 80.6 cm³/mol. The number of aliphatic carboxylic acids is 1. The van der Waals surface area contributed by atoms with Gasteiger partial charge in [-0.05, 0) is 44.4 Å². The Morgan fingerprint density at radius 3 is 2.64 bits per heavy atom. The topological polar surface area (TPSA) is 84.9 Å². The molecule has 2 rings (SSSR count). The first-order valence-electron chi connectivity index (χ1n) is 8.25. The van der Waals surface area contributed by atoms with Gasteiger partial charge < -0.3 is 19.9 Å². The molecule has 0 bridgehead atoms. The van der Waals surface area contributed by atoms with Gasteiger partial charge in [-0.25, -0.2) is 4.79 Å². The molecule has 1 aliphatic carbocycles. The van der Waals surface area contributed by atoms with Gasteiger partial charge in [-0.15, -0.1) is 0 Å². The minimum Gasteiger partial charge on any atom is -0.480 e. The number of carbonyl (C=O) groups is 2. The minimum atomic E-state index is -1.09. The van der Waals surface area contributed by atoms with Crippen LogP contribution in [-0.2, 0) is 19.1 Å². The molecule has 6 nitrogen and oxygen atoms in total. The lowest BCUT2D eigenvalue weighted by Crippen LogP contribution is -2.56. The van der Waals surface area contributed by atoms with Crippen LogP contribution in [0, 0.1) is 5.92 Å². The highest BCUT2D eigenvalue weighted by molar-refractivity contribution is 5.87. The van der Waals surface area contributed by atoms with Crippen molar-refractivity contribution < 1.29 is 24.2 Å². The van der Waals surface area contributed by atoms with Crippen LogP contribution in [0.1, 0.15) is 51.9 Å². The normalized spacial score (nSPS) is 31.9. The van der Waals surface area contributed by atoms with E-state index < -0.39 is 11.5 Å². The maximum Gasteiger partial charge on any atom is 0.329 e.